The van der Waals surface area contributed by atoms with Gasteiger partial charge in [-0.05, 0) is 12.1 Å². The second kappa shape index (κ2) is 4.10. The summed E-state index contributed by atoms with van der Waals surface area (Å²) < 4.78 is 63.5. The fraction of sp³-hybridized carbons (Fsp3) is 0.0909. The Labute approximate surface area is 97.3 Å². The zero-order chi connectivity index (χ0) is 12.6. The van der Waals surface area contributed by atoms with Gasteiger partial charge in [0.1, 0.15) is 11.4 Å². The van der Waals surface area contributed by atoms with Gasteiger partial charge < -0.3 is 0 Å². The number of hydrogen-bond acceptors (Lipinski definition) is 1. The third-order valence-corrected chi connectivity index (χ3v) is 3.09. The van der Waals surface area contributed by atoms with Crippen molar-refractivity contribution in [1.29, 1.82) is 0 Å². The molecule has 1 heterocycles. The van der Waals surface area contributed by atoms with Gasteiger partial charge in [0.25, 0.3) is 0 Å². The quantitative estimate of drug-likeness (QED) is 0.654. The first-order chi connectivity index (χ1) is 7.89. The zero-order valence-corrected chi connectivity index (χ0v) is 9.00. The number of thiophene rings is 1. The van der Waals surface area contributed by atoms with Crippen molar-refractivity contribution in [1.82, 2.24) is 0 Å². The summed E-state index contributed by atoms with van der Waals surface area (Å²) in [6, 6.07) is 5.93. The predicted octanol–water partition coefficient (Wildman–Crippen LogP) is 4.71. The Morgan fingerprint density at radius 2 is 1.65 bits per heavy atom. The third kappa shape index (κ3) is 2.31. The number of alkyl halides is 3. The first kappa shape index (κ1) is 12.0. The van der Waals surface area contributed by atoms with Crippen LogP contribution in [0.3, 0.4) is 0 Å². The van der Waals surface area contributed by atoms with Crippen LogP contribution in [0.25, 0.3) is 10.4 Å². The lowest BCUT2D eigenvalue weighted by atomic mass is 10.1. The first-order valence-electron chi connectivity index (χ1n) is 4.51. The molecular weight excluding hydrogens is 259 g/mol. The van der Waals surface area contributed by atoms with Crippen LogP contribution in [0.15, 0.2) is 30.3 Å². The molecule has 17 heavy (non-hydrogen) atoms. The van der Waals surface area contributed by atoms with E-state index < -0.39 is 22.7 Å². The van der Waals surface area contributed by atoms with E-state index in [2.05, 4.69) is 0 Å². The van der Waals surface area contributed by atoms with E-state index >= 15 is 0 Å². The number of rotatable bonds is 1. The number of hydrogen-bond donors (Lipinski definition) is 0. The molecule has 2 rings (SSSR count). The average molecular weight is 264 g/mol. The van der Waals surface area contributed by atoms with E-state index in [4.69, 9.17) is 0 Å². The minimum absolute atomic E-state index is 0.0353. The molecule has 0 radical (unpaired) electrons. The van der Waals surface area contributed by atoms with Crippen LogP contribution >= 0.6 is 11.3 Å². The van der Waals surface area contributed by atoms with Crippen LogP contribution in [0.1, 0.15) is 5.56 Å². The molecule has 0 aliphatic carbocycles. The van der Waals surface area contributed by atoms with Gasteiger partial charge in [-0.15, -0.1) is 11.3 Å². The molecule has 0 spiro atoms. The van der Waals surface area contributed by atoms with Crippen LogP contribution in [0, 0.1) is 10.9 Å². The molecule has 0 amide bonds. The van der Waals surface area contributed by atoms with Crippen molar-refractivity contribution in [3.63, 3.8) is 0 Å². The van der Waals surface area contributed by atoms with Crippen molar-refractivity contribution in [3.05, 3.63) is 46.8 Å². The van der Waals surface area contributed by atoms with Crippen molar-refractivity contribution in [3.8, 4) is 10.4 Å². The Morgan fingerprint density at radius 3 is 2.18 bits per heavy atom. The second-order valence-corrected chi connectivity index (χ2v) is 4.28. The van der Waals surface area contributed by atoms with Gasteiger partial charge in [0, 0.05) is 10.4 Å². The standard InChI is InChI=1S/C11H5F5S/c12-8-4-2-1-3-6(8)9-5-7(10(13)17-9)11(14,15)16/h1-5H. The fourth-order valence-corrected chi connectivity index (χ4v) is 2.29. The molecule has 0 unspecified atom stereocenters. The highest BCUT2D eigenvalue weighted by Crippen LogP contribution is 2.39. The molecule has 0 atom stereocenters. The highest BCUT2D eigenvalue weighted by Gasteiger charge is 2.36. The van der Waals surface area contributed by atoms with E-state index in [-0.39, 0.29) is 21.8 Å². The lowest BCUT2D eigenvalue weighted by molar-refractivity contribution is -0.139. The molecule has 0 saturated heterocycles. The van der Waals surface area contributed by atoms with Crippen LogP contribution in [0.5, 0.6) is 0 Å². The van der Waals surface area contributed by atoms with E-state index in [1.807, 2.05) is 0 Å². The molecule has 6 heteroatoms. The van der Waals surface area contributed by atoms with Gasteiger partial charge in [0.2, 0.25) is 0 Å². The molecule has 1 aromatic carbocycles. The Balaban J connectivity index is 2.53. The lowest BCUT2D eigenvalue weighted by Gasteiger charge is -2.02. The van der Waals surface area contributed by atoms with Gasteiger partial charge in [-0.1, -0.05) is 18.2 Å². The Kier molecular flexibility index (Phi) is 2.91. The molecule has 0 saturated carbocycles. The molecule has 2 aromatic rings. The highest BCUT2D eigenvalue weighted by atomic mass is 32.1. The minimum atomic E-state index is -4.76. The SMILES string of the molecule is Fc1ccccc1-c1cc(C(F)(F)F)c(F)s1. The predicted molar refractivity (Wildman–Crippen MR) is 54.7 cm³/mol. The van der Waals surface area contributed by atoms with Crippen molar-refractivity contribution in [2.75, 3.05) is 0 Å². The monoisotopic (exact) mass is 264 g/mol. The summed E-state index contributed by atoms with van der Waals surface area (Å²) in [6.45, 7) is 0. The first-order valence-corrected chi connectivity index (χ1v) is 5.32. The van der Waals surface area contributed by atoms with Crippen molar-refractivity contribution in [2.24, 2.45) is 0 Å². The summed E-state index contributed by atoms with van der Waals surface area (Å²) in [4.78, 5) is -0.0760. The average Bonchev–Trinajstić information content (AvgIpc) is 2.60. The van der Waals surface area contributed by atoms with Gasteiger partial charge in [-0.25, -0.2) is 4.39 Å². The molecule has 0 fully saturated rings. The summed E-state index contributed by atoms with van der Waals surface area (Å²) in [5, 5.41) is -1.35. The second-order valence-electron chi connectivity index (χ2n) is 3.28. The van der Waals surface area contributed by atoms with E-state index in [1.165, 1.54) is 18.2 Å². The molecule has 90 valence electrons. The lowest BCUT2D eigenvalue weighted by Crippen LogP contribution is -2.04. The summed E-state index contributed by atoms with van der Waals surface area (Å²) in [5.74, 6) is -0.678. The molecule has 0 aliphatic heterocycles. The molecular formula is C11H5F5S. The number of halogens is 5. The third-order valence-electron chi connectivity index (χ3n) is 2.13. The zero-order valence-electron chi connectivity index (χ0n) is 8.18. The minimum Gasteiger partial charge on any atom is -0.206 e. The van der Waals surface area contributed by atoms with Crippen molar-refractivity contribution in [2.45, 2.75) is 6.18 Å². The van der Waals surface area contributed by atoms with Gasteiger partial charge >= 0.3 is 6.18 Å². The van der Waals surface area contributed by atoms with Crippen LogP contribution < -0.4 is 0 Å². The Morgan fingerprint density at radius 1 is 1.00 bits per heavy atom. The Bertz CT molecular complexity index is 541. The van der Waals surface area contributed by atoms with Crippen LogP contribution in [0.4, 0.5) is 22.0 Å². The van der Waals surface area contributed by atoms with Crippen LogP contribution in [0.2, 0.25) is 0 Å². The smallest absolute Gasteiger partial charge is 0.206 e. The summed E-state index contributed by atoms with van der Waals surface area (Å²) in [7, 11) is 0. The van der Waals surface area contributed by atoms with E-state index in [0.29, 0.717) is 6.07 Å². The normalized spacial score (nSPS) is 11.8. The molecule has 0 nitrogen and oxygen atoms in total. The maximum absolute atomic E-state index is 13.3. The van der Waals surface area contributed by atoms with Gasteiger partial charge in [0.15, 0.2) is 5.13 Å². The molecule has 0 N–H and O–H groups in total. The maximum Gasteiger partial charge on any atom is 0.420 e. The van der Waals surface area contributed by atoms with Crippen molar-refractivity contribution < 1.29 is 22.0 Å². The molecule has 1 aromatic heterocycles. The highest BCUT2D eigenvalue weighted by molar-refractivity contribution is 7.14. The van der Waals surface area contributed by atoms with Gasteiger partial charge in [-0.3, -0.25) is 0 Å². The van der Waals surface area contributed by atoms with Crippen LogP contribution in [-0.4, -0.2) is 0 Å². The van der Waals surface area contributed by atoms with E-state index in [9.17, 15) is 22.0 Å². The topological polar surface area (TPSA) is 0 Å². The van der Waals surface area contributed by atoms with E-state index in [0.717, 1.165) is 6.07 Å². The summed E-state index contributed by atoms with van der Waals surface area (Å²) >= 11 is 0.282. The molecule has 0 bridgehead atoms. The van der Waals surface area contributed by atoms with Gasteiger partial charge in [0.05, 0.1) is 0 Å². The summed E-state index contributed by atoms with van der Waals surface area (Å²) in [6.07, 6.45) is -4.76. The molecule has 0 aliphatic rings. The fourth-order valence-electron chi connectivity index (χ4n) is 1.36. The van der Waals surface area contributed by atoms with Crippen molar-refractivity contribution >= 4 is 11.3 Å². The van der Waals surface area contributed by atoms with Crippen LogP contribution in [-0.2, 0) is 6.18 Å². The number of benzene rings is 1. The van der Waals surface area contributed by atoms with E-state index in [1.54, 1.807) is 0 Å². The maximum atomic E-state index is 13.3. The largest absolute Gasteiger partial charge is 0.420 e. The Hall–Kier alpha value is -1.43. The summed E-state index contributed by atoms with van der Waals surface area (Å²) in [5.41, 5.74) is -1.40. The van der Waals surface area contributed by atoms with Gasteiger partial charge in [-0.2, -0.15) is 17.6 Å².